The Bertz CT molecular complexity index is 696. The van der Waals surface area contributed by atoms with Gasteiger partial charge in [0.25, 0.3) is 11.6 Å². The topological polar surface area (TPSA) is 67.3 Å². The zero-order chi connectivity index (χ0) is 16.1. The molecule has 0 aliphatic rings. The van der Waals surface area contributed by atoms with Crippen LogP contribution in [0.3, 0.4) is 0 Å². The lowest BCUT2D eigenvalue weighted by Gasteiger charge is -2.16. The highest BCUT2D eigenvalue weighted by Crippen LogP contribution is 2.23. The molecule has 0 aliphatic carbocycles. The van der Waals surface area contributed by atoms with E-state index < -0.39 is 4.92 Å². The molecule has 0 saturated carbocycles. The molecule has 1 heterocycles. The Morgan fingerprint density at radius 3 is 2.57 bits per heavy atom. The van der Waals surface area contributed by atoms with E-state index in [1.54, 1.807) is 24.0 Å². The van der Waals surface area contributed by atoms with E-state index in [0.717, 1.165) is 0 Å². The van der Waals surface area contributed by atoms with Gasteiger partial charge in [0, 0.05) is 42.9 Å². The van der Waals surface area contributed by atoms with Gasteiger partial charge in [-0.25, -0.2) is 0 Å². The molecule has 8 heteroatoms. The van der Waals surface area contributed by atoms with Gasteiger partial charge in [0.2, 0.25) is 6.54 Å². The molecule has 6 nitrogen and oxygen atoms in total. The third-order valence-corrected chi connectivity index (χ3v) is 3.54. The van der Waals surface area contributed by atoms with Gasteiger partial charge in [-0.05, 0) is 11.6 Å². The smallest absolute Gasteiger partial charge is 0.288 e. The Labute approximate surface area is 144 Å². The number of non-ortho nitro benzene ring substituents is 1. The van der Waals surface area contributed by atoms with Gasteiger partial charge < -0.3 is 17.3 Å². The molecular formula is C15H15Cl2N3O3. The molecule has 0 aliphatic heterocycles. The molecule has 1 aromatic carbocycles. The van der Waals surface area contributed by atoms with E-state index >= 15 is 0 Å². The maximum absolute atomic E-state index is 12.2. The number of nitro benzene ring substituents is 1. The molecule has 0 radical (unpaired) electrons. The summed E-state index contributed by atoms with van der Waals surface area (Å²) in [5.41, 5.74) is 0.502. The van der Waals surface area contributed by atoms with Crippen molar-refractivity contribution in [1.29, 1.82) is 0 Å². The largest absolute Gasteiger partial charge is 1.00 e. The number of likely N-dealkylation sites (N-methyl/N-ethyl adjacent to an activating group) is 1. The summed E-state index contributed by atoms with van der Waals surface area (Å²) in [7, 11) is 1.64. The molecule has 2 aromatic rings. The summed E-state index contributed by atoms with van der Waals surface area (Å²) >= 11 is 6.04. The average Bonchev–Trinajstić information content (AvgIpc) is 2.50. The number of hydrogen-bond donors (Lipinski definition) is 0. The highest BCUT2D eigenvalue weighted by atomic mass is 35.5. The van der Waals surface area contributed by atoms with Crippen molar-refractivity contribution in [3.05, 3.63) is 69.5 Å². The minimum Gasteiger partial charge on any atom is -1.00 e. The molecule has 0 fully saturated rings. The highest BCUT2D eigenvalue weighted by Gasteiger charge is 2.17. The molecule has 23 heavy (non-hydrogen) atoms. The second-order valence-electron chi connectivity index (χ2n) is 4.83. The molecule has 0 unspecified atom stereocenters. The molecule has 1 amide bonds. The fraction of sp³-hybridized carbons (Fsp3) is 0.200. The third-order valence-electron chi connectivity index (χ3n) is 3.17. The standard InChI is InChI=1S/C15H15ClN3O3.ClH/c1-17(15(20)11-18-7-3-2-4-8-18)10-12-9-13(19(21)22)5-6-14(12)16;/h2-9H,10-11H2,1H3;1H/q+1;/p-1. The summed E-state index contributed by atoms with van der Waals surface area (Å²) in [4.78, 5) is 24.0. The summed E-state index contributed by atoms with van der Waals surface area (Å²) < 4.78 is 1.76. The maximum Gasteiger partial charge on any atom is 0.288 e. The average molecular weight is 356 g/mol. The number of benzene rings is 1. The fourth-order valence-corrected chi connectivity index (χ4v) is 2.13. The SMILES string of the molecule is CN(Cc1cc([N+](=O)[O-])ccc1Cl)C(=O)C[n+]1ccccc1.[Cl-]. The van der Waals surface area contributed by atoms with Crippen molar-refractivity contribution in [2.75, 3.05) is 7.05 Å². The summed E-state index contributed by atoms with van der Waals surface area (Å²) in [6.45, 7) is 0.413. The first kappa shape index (κ1) is 18.9. The lowest BCUT2D eigenvalue weighted by molar-refractivity contribution is -0.685. The van der Waals surface area contributed by atoms with E-state index in [1.807, 2.05) is 18.2 Å². The molecule has 2 rings (SSSR count). The van der Waals surface area contributed by atoms with Crippen molar-refractivity contribution in [3.63, 3.8) is 0 Å². The van der Waals surface area contributed by atoms with Crippen LogP contribution in [0.15, 0.2) is 48.8 Å². The first-order valence-electron chi connectivity index (χ1n) is 6.58. The number of nitro groups is 1. The van der Waals surface area contributed by atoms with Crippen molar-refractivity contribution < 1.29 is 26.7 Å². The van der Waals surface area contributed by atoms with Gasteiger partial charge in [-0.2, -0.15) is 4.57 Å². The minimum absolute atomic E-state index is 0. The van der Waals surface area contributed by atoms with E-state index in [9.17, 15) is 14.9 Å². The van der Waals surface area contributed by atoms with Crippen LogP contribution in [0.1, 0.15) is 5.56 Å². The Morgan fingerprint density at radius 2 is 1.96 bits per heavy atom. The second-order valence-corrected chi connectivity index (χ2v) is 5.24. The van der Waals surface area contributed by atoms with Crippen LogP contribution in [0.5, 0.6) is 0 Å². The molecule has 0 atom stereocenters. The molecule has 0 N–H and O–H groups in total. The second kappa shape index (κ2) is 8.45. The lowest BCUT2D eigenvalue weighted by Crippen LogP contribution is -3.00. The van der Waals surface area contributed by atoms with E-state index in [2.05, 4.69) is 0 Å². The number of hydrogen-bond acceptors (Lipinski definition) is 3. The minimum atomic E-state index is -0.485. The van der Waals surface area contributed by atoms with Gasteiger partial charge in [0.1, 0.15) is 0 Å². The van der Waals surface area contributed by atoms with E-state index in [1.165, 1.54) is 23.1 Å². The van der Waals surface area contributed by atoms with Gasteiger partial charge in [0.15, 0.2) is 12.4 Å². The van der Waals surface area contributed by atoms with Crippen LogP contribution < -0.4 is 17.0 Å². The summed E-state index contributed by atoms with van der Waals surface area (Å²) in [6, 6.07) is 9.75. The summed E-state index contributed by atoms with van der Waals surface area (Å²) in [5.74, 6) is -0.112. The normalized spacial score (nSPS) is 9.83. The number of aromatic nitrogens is 1. The van der Waals surface area contributed by atoms with Crippen molar-refractivity contribution in [2.45, 2.75) is 13.1 Å². The first-order valence-corrected chi connectivity index (χ1v) is 6.96. The van der Waals surface area contributed by atoms with Crippen LogP contribution in [-0.4, -0.2) is 22.8 Å². The van der Waals surface area contributed by atoms with Gasteiger partial charge in [0.05, 0.1) is 4.92 Å². The Balaban J connectivity index is 0.00000264. The van der Waals surface area contributed by atoms with E-state index in [-0.39, 0.29) is 37.1 Å². The molecule has 1 aromatic heterocycles. The van der Waals surface area contributed by atoms with Gasteiger partial charge in [-0.1, -0.05) is 17.7 Å². The van der Waals surface area contributed by atoms with Crippen LogP contribution >= 0.6 is 11.6 Å². The predicted octanol–water partition coefficient (Wildman–Crippen LogP) is -0.802. The number of nitrogens with zero attached hydrogens (tertiary/aromatic N) is 3. The monoisotopic (exact) mass is 355 g/mol. The van der Waals surface area contributed by atoms with Crippen LogP contribution in [0.2, 0.25) is 5.02 Å². The molecule has 0 spiro atoms. The number of rotatable bonds is 5. The fourth-order valence-electron chi connectivity index (χ4n) is 1.96. The summed E-state index contributed by atoms with van der Waals surface area (Å²) in [6.07, 6.45) is 3.60. The van der Waals surface area contributed by atoms with Crippen molar-refractivity contribution >= 4 is 23.2 Å². The number of amides is 1. The quantitative estimate of drug-likeness (QED) is 0.400. The Hall–Kier alpha value is -2.18. The predicted molar refractivity (Wildman–Crippen MR) is 81.2 cm³/mol. The van der Waals surface area contributed by atoms with Crippen LogP contribution in [-0.2, 0) is 17.9 Å². The molecule has 0 saturated heterocycles. The van der Waals surface area contributed by atoms with E-state index in [0.29, 0.717) is 10.6 Å². The summed E-state index contributed by atoms with van der Waals surface area (Å²) in [5, 5.41) is 11.2. The third kappa shape index (κ3) is 5.19. The number of carbonyl (C=O) groups is 1. The zero-order valence-electron chi connectivity index (χ0n) is 12.4. The van der Waals surface area contributed by atoms with E-state index in [4.69, 9.17) is 11.6 Å². The van der Waals surface area contributed by atoms with Gasteiger partial charge in [-0.15, -0.1) is 0 Å². The molecular weight excluding hydrogens is 341 g/mol. The molecule has 122 valence electrons. The van der Waals surface area contributed by atoms with Crippen LogP contribution in [0, 0.1) is 10.1 Å². The number of halogens is 2. The van der Waals surface area contributed by atoms with Crippen LogP contribution in [0.4, 0.5) is 5.69 Å². The Kier molecular flexibility index (Phi) is 6.93. The van der Waals surface area contributed by atoms with Crippen molar-refractivity contribution in [3.8, 4) is 0 Å². The van der Waals surface area contributed by atoms with Crippen molar-refractivity contribution in [2.24, 2.45) is 0 Å². The van der Waals surface area contributed by atoms with Crippen LogP contribution in [0.25, 0.3) is 0 Å². The first-order chi connectivity index (χ1) is 10.5. The lowest BCUT2D eigenvalue weighted by atomic mass is 10.2. The Morgan fingerprint density at radius 1 is 1.30 bits per heavy atom. The number of pyridine rings is 1. The highest BCUT2D eigenvalue weighted by molar-refractivity contribution is 6.31. The zero-order valence-corrected chi connectivity index (χ0v) is 13.9. The van der Waals surface area contributed by atoms with Crippen molar-refractivity contribution in [1.82, 2.24) is 4.90 Å². The van der Waals surface area contributed by atoms with Gasteiger partial charge >= 0.3 is 0 Å². The maximum atomic E-state index is 12.2. The van der Waals surface area contributed by atoms with Gasteiger partial charge in [-0.3, -0.25) is 14.9 Å². The number of carbonyl (C=O) groups excluding carboxylic acids is 1. The molecule has 0 bridgehead atoms.